The highest BCUT2D eigenvalue weighted by Crippen LogP contribution is 2.28. The fraction of sp³-hybridized carbons (Fsp3) is 0.125. The molecule has 2 aromatic carbocycles. The van der Waals surface area contributed by atoms with Crippen LogP contribution in [0.2, 0.25) is 0 Å². The summed E-state index contributed by atoms with van der Waals surface area (Å²) in [6.45, 7) is -0.385. The van der Waals surface area contributed by atoms with Gasteiger partial charge < -0.3 is 15.2 Å². The Morgan fingerprint density at radius 2 is 2.00 bits per heavy atom. The van der Waals surface area contributed by atoms with E-state index in [9.17, 15) is 14.7 Å². The van der Waals surface area contributed by atoms with Crippen LogP contribution in [-0.2, 0) is 9.53 Å². The second-order valence-electron chi connectivity index (χ2n) is 4.24. The Kier molecular flexibility index (Phi) is 4.42. The summed E-state index contributed by atoms with van der Waals surface area (Å²) in [6.07, 6.45) is 4.99. The summed E-state index contributed by atoms with van der Waals surface area (Å²) in [7, 11) is 0. The van der Waals surface area contributed by atoms with E-state index in [1.54, 1.807) is 18.2 Å². The average Bonchev–Trinajstić information content (AvgIpc) is 2.51. The maximum Gasteiger partial charge on any atom is 0.342 e. The van der Waals surface area contributed by atoms with Gasteiger partial charge in [0.2, 0.25) is 0 Å². The molecule has 0 heterocycles. The number of ether oxygens (including phenoxy) is 1. The van der Waals surface area contributed by atoms with Gasteiger partial charge in [0.1, 0.15) is 11.3 Å². The molecule has 2 aromatic rings. The first-order chi connectivity index (χ1) is 10.1. The number of terminal acetylenes is 1. The Hall–Kier alpha value is -3.00. The third kappa shape index (κ3) is 3.31. The number of phenolic OH excluding ortho intramolecular Hbond substituents is 1. The van der Waals surface area contributed by atoms with Crippen LogP contribution in [0, 0.1) is 12.3 Å². The van der Waals surface area contributed by atoms with E-state index in [0.717, 1.165) is 5.39 Å². The highest BCUT2D eigenvalue weighted by molar-refractivity contribution is 6.01. The number of phenols is 1. The van der Waals surface area contributed by atoms with Gasteiger partial charge in [-0.25, -0.2) is 4.79 Å². The van der Waals surface area contributed by atoms with Crippen molar-refractivity contribution in [1.29, 1.82) is 0 Å². The lowest BCUT2D eigenvalue weighted by Gasteiger charge is -2.08. The van der Waals surface area contributed by atoms with Gasteiger partial charge in [0.05, 0.1) is 6.54 Å². The van der Waals surface area contributed by atoms with Crippen molar-refractivity contribution in [1.82, 2.24) is 5.32 Å². The van der Waals surface area contributed by atoms with Gasteiger partial charge in [-0.15, -0.1) is 6.42 Å². The number of esters is 1. The molecule has 0 saturated heterocycles. The number of benzene rings is 2. The first-order valence-corrected chi connectivity index (χ1v) is 6.21. The average molecular weight is 283 g/mol. The second kappa shape index (κ2) is 6.44. The van der Waals surface area contributed by atoms with Crippen LogP contribution in [-0.4, -0.2) is 30.1 Å². The first kappa shape index (κ1) is 14.4. The molecule has 0 bridgehead atoms. The van der Waals surface area contributed by atoms with Gasteiger partial charge in [-0.3, -0.25) is 4.79 Å². The maximum absolute atomic E-state index is 11.9. The van der Waals surface area contributed by atoms with Crippen molar-refractivity contribution in [2.24, 2.45) is 0 Å². The number of aromatic hydroxyl groups is 1. The van der Waals surface area contributed by atoms with Crippen molar-refractivity contribution in [2.75, 3.05) is 13.2 Å². The minimum Gasteiger partial charge on any atom is -0.506 e. The lowest BCUT2D eigenvalue weighted by Crippen LogP contribution is -2.29. The predicted octanol–water partition coefficient (Wildman–Crippen LogP) is 1.45. The lowest BCUT2D eigenvalue weighted by atomic mass is 10.1. The van der Waals surface area contributed by atoms with Crippen LogP contribution in [0.3, 0.4) is 0 Å². The molecular weight excluding hydrogens is 270 g/mol. The number of rotatable bonds is 4. The quantitative estimate of drug-likeness (QED) is 0.658. The van der Waals surface area contributed by atoms with E-state index in [1.807, 2.05) is 12.1 Å². The van der Waals surface area contributed by atoms with Crippen molar-refractivity contribution in [3.63, 3.8) is 0 Å². The summed E-state index contributed by atoms with van der Waals surface area (Å²) in [5.74, 6) is 0.802. The fourth-order valence-electron chi connectivity index (χ4n) is 1.83. The molecular formula is C16H13NO4. The van der Waals surface area contributed by atoms with Crippen LogP contribution in [0.1, 0.15) is 10.4 Å². The smallest absolute Gasteiger partial charge is 0.342 e. The van der Waals surface area contributed by atoms with Crippen molar-refractivity contribution in [3.8, 4) is 18.1 Å². The zero-order valence-corrected chi connectivity index (χ0v) is 11.1. The zero-order valence-electron chi connectivity index (χ0n) is 11.1. The number of hydrogen-bond donors (Lipinski definition) is 2. The molecule has 0 fully saturated rings. The highest BCUT2D eigenvalue weighted by Gasteiger charge is 2.16. The summed E-state index contributed by atoms with van der Waals surface area (Å²) in [5, 5.41) is 13.8. The Balaban J connectivity index is 2.11. The normalized spacial score (nSPS) is 9.86. The van der Waals surface area contributed by atoms with Gasteiger partial charge in [-0.05, 0) is 11.5 Å². The number of amides is 1. The summed E-state index contributed by atoms with van der Waals surface area (Å²) in [5.41, 5.74) is 0.0125. The van der Waals surface area contributed by atoms with Crippen LogP contribution < -0.4 is 5.32 Å². The molecule has 5 nitrogen and oxygen atoms in total. The van der Waals surface area contributed by atoms with E-state index < -0.39 is 18.5 Å². The van der Waals surface area contributed by atoms with E-state index in [2.05, 4.69) is 11.2 Å². The minimum atomic E-state index is -0.769. The van der Waals surface area contributed by atoms with Crippen LogP contribution >= 0.6 is 0 Å². The van der Waals surface area contributed by atoms with Gasteiger partial charge in [0, 0.05) is 5.39 Å². The van der Waals surface area contributed by atoms with Gasteiger partial charge in [-0.1, -0.05) is 36.3 Å². The van der Waals surface area contributed by atoms with Crippen LogP contribution in [0.4, 0.5) is 0 Å². The Morgan fingerprint density at radius 1 is 1.24 bits per heavy atom. The van der Waals surface area contributed by atoms with Gasteiger partial charge in [-0.2, -0.15) is 0 Å². The Bertz CT molecular complexity index is 731. The molecule has 0 aliphatic rings. The molecule has 2 N–H and O–H groups in total. The summed E-state index contributed by atoms with van der Waals surface area (Å²) in [6, 6.07) is 10.3. The molecule has 5 heteroatoms. The predicted molar refractivity (Wildman–Crippen MR) is 77.7 cm³/mol. The number of hydrogen-bond acceptors (Lipinski definition) is 4. The van der Waals surface area contributed by atoms with Crippen molar-refractivity contribution >= 4 is 22.6 Å². The van der Waals surface area contributed by atoms with Crippen LogP contribution in [0.5, 0.6) is 5.75 Å². The molecule has 0 atom stereocenters. The van der Waals surface area contributed by atoms with Gasteiger partial charge >= 0.3 is 5.97 Å². The maximum atomic E-state index is 11.9. The number of fused-ring (bicyclic) bond motifs is 1. The van der Waals surface area contributed by atoms with Gasteiger partial charge in [0.15, 0.2) is 6.61 Å². The minimum absolute atomic E-state index is 0.0125. The number of nitrogens with one attached hydrogen (secondary N) is 1. The molecule has 0 aliphatic heterocycles. The molecule has 106 valence electrons. The first-order valence-electron chi connectivity index (χ1n) is 6.21. The summed E-state index contributed by atoms with van der Waals surface area (Å²) in [4.78, 5) is 23.2. The van der Waals surface area contributed by atoms with Crippen molar-refractivity contribution < 1.29 is 19.4 Å². The largest absolute Gasteiger partial charge is 0.506 e. The number of carbonyl (C=O) groups is 2. The van der Waals surface area contributed by atoms with Crippen LogP contribution in [0.25, 0.3) is 10.8 Å². The van der Waals surface area contributed by atoms with Gasteiger partial charge in [0.25, 0.3) is 5.91 Å². The number of carbonyl (C=O) groups excluding carboxylic acids is 2. The standard InChI is InChI=1S/C16H13NO4/c1-2-9-17-14(18)10-21-16(20)13-8-7-11-5-3-4-6-12(11)15(13)19/h1,3-8,19H,9-10H2,(H,17,18). The third-order valence-electron chi connectivity index (χ3n) is 2.84. The topological polar surface area (TPSA) is 75.6 Å². The fourth-order valence-corrected chi connectivity index (χ4v) is 1.83. The molecule has 0 aromatic heterocycles. The Morgan fingerprint density at radius 3 is 2.76 bits per heavy atom. The van der Waals surface area contributed by atoms with E-state index in [-0.39, 0.29) is 17.9 Å². The molecule has 0 radical (unpaired) electrons. The van der Waals surface area contributed by atoms with Crippen LogP contribution in [0.15, 0.2) is 36.4 Å². The summed E-state index contributed by atoms with van der Waals surface area (Å²) >= 11 is 0. The summed E-state index contributed by atoms with van der Waals surface area (Å²) < 4.78 is 4.84. The third-order valence-corrected chi connectivity index (χ3v) is 2.84. The molecule has 0 unspecified atom stereocenters. The SMILES string of the molecule is C#CCNC(=O)COC(=O)c1ccc2ccccc2c1O. The van der Waals surface area contributed by atoms with E-state index in [0.29, 0.717) is 5.39 Å². The second-order valence-corrected chi connectivity index (χ2v) is 4.24. The molecule has 21 heavy (non-hydrogen) atoms. The molecule has 0 aliphatic carbocycles. The monoisotopic (exact) mass is 283 g/mol. The molecule has 2 rings (SSSR count). The van der Waals surface area contributed by atoms with E-state index in [1.165, 1.54) is 6.07 Å². The van der Waals surface area contributed by atoms with E-state index >= 15 is 0 Å². The van der Waals surface area contributed by atoms with E-state index in [4.69, 9.17) is 11.2 Å². The molecule has 1 amide bonds. The highest BCUT2D eigenvalue weighted by atomic mass is 16.5. The Labute approximate surface area is 121 Å². The van der Waals surface area contributed by atoms with Crippen molar-refractivity contribution in [2.45, 2.75) is 0 Å². The molecule has 0 saturated carbocycles. The van der Waals surface area contributed by atoms with Crippen molar-refractivity contribution in [3.05, 3.63) is 42.0 Å². The molecule has 0 spiro atoms. The zero-order chi connectivity index (χ0) is 15.2. The lowest BCUT2D eigenvalue weighted by molar-refractivity contribution is -0.123.